The van der Waals surface area contributed by atoms with Crippen LogP contribution in [-0.4, -0.2) is 17.4 Å². The van der Waals surface area contributed by atoms with E-state index in [-0.39, 0.29) is 5.91 Å². The fourth-order valence-corrected chi connectivity index (χ4v) is 4.05. The van der Waals surface area contributed by atoms with Gasteiger partial charge in [-0.2, -0.15) is 0 Å². The van der Waals surface area contributed by atoms with E-state index in [0.29, 0.717) is 0 Å². The van der Waals surface area contributed by atoms with Gasteiger partial charge in [0.2, 0.25) is 0 Å². The van der Waals surface area contributed by atoms with Gasteiger partial charge in [-0.25, -0.2) is 4.98 Å². The van der Waals surface area contributed by atoms with Crippen molar-refractivity contribution < 1.29 is 4.79 Å². The summed E-state index contributed by atoms with van der Waals surface area (Å²) in [5, 5.41) is 2.02. The quantitative estimate of drug-likeness (QED) is 0.387. The van der Waals surface area contributed by atoms with Crippen LogP contribution in [0.3, 0.4) is 0 Å². The molecule has 0 atom stereocenters. The first-order valence-corrected chi connectivity index (χ1v) is 9.85. The van der Waals surface area contributed by atoms with Gasteiger partial charge in [0, 0.05) is 17.3 Å². The third-order valence-corrected chi connectivity index (χ3v) is 5.42. The molecule has 26 heavy (non-hydrogen) atoms. The van der Waals surface area contributed by atoms with Gasteiger partial charge in [-0.3, -0.25) is 4.79 Å². The molecule has 2 heterocycles. The van der Waals surface area contributed by atoms with Crippen molar-refractivity contribution in [3.63, 3.8) is 0 Å². The normalized spacial score (nSPS) is 13.3. The summed E-state index contributed by atoms with van der Waals surface area (Å²) < 4.78 is 0. The van der Waals surface area contributed by atoms with E-state index >= 15 is 0 Å². The van der Waals surface area contributed by atoms with Crippen LogP contribution in [0.15, 0.2) is 36.4 Å². The topological polar surface area (TPSA) is 33.2 Å². The van der Waals surface area contributed by atoms with E-state index in [1.54, 1.807) is 0 Å². The van der Waals surface area contributed by atoms with E-state index in [0.717, 1.165) is 51.6 Å². The summed E-state index contributed by atoms with van der Waals surface area (Å²) in [5.74, 6) is 0.141. The second-order valence-electron chi connectivity index (χ2n) is 7.40. The van der Waals surface area contributed by atoms with Gasteiger partial charge in [0.25, 0.3) is 5.91 Å². The van der Waals surface area contributed by atoms with Crippen LogP contribution in [-0.2, 0) is 0 Å². The lowest BCUT2D eigenvalue weighted by molar-refractivity contribution is 0.0994. The van der Waals surface area contributed by atoms with Crippen LogP contribution in [0.1, 0.15) is 61.4 Å². The number of pyridine rings is 1. The molecule has 0 saturated carbocycles. The molecular formula is C23H26N2O. The number of fused-ring (bicyclic) bond motifs is 2. The number of aryl methyl sites for hydroxylation is 1. The Labute approximate surface area is 155 Å². The van der Waals surface area contributed by atoms with Crippen LogP contribution in [0.25, 0.3) is 21.8 Å². The Morgan fingerprint density at radius 2 is 1.77 bits per heavy atom. The molecule has 0 radical (unpaired) electrons. The number of hydrogen-bond donors (Lipinski definition) is 0. The van der Waals surface area contributed by atoms with Crippen LogP contribution in [0.5, 0.6) is 0 Å². The molecule has 0 spiro atoms. The number of rotatable bonds is 7. The number of anilines is 1. The van der Waals surface area contributed by atoms with Crippen molar-refractivity contribution in [2.24, 2.45) is 0 Å². The highest BCUT2D eigenvalue weighted by Gasteiger charge is 2.31. The molecular weight excluding hydrogens is 320 g/mol. The molecule has 1 aliphatic heterocycles. The number of amides is 1. The Balaban J connectivity index is 1.67. The van der Waals surface area contributed by atoms with Crippen molar-refractivity contribution in [1.82, 2.24) is 4.98 Å². The number of benzene rings is 2. The predicted octanol–water partition coefficient (Wildman–Crippen LogP) is 6.02. The summed E-state index contributed by atoms with van der Waals surface area (Å²) in [6.07, 6.45) is 7.38. The number of hydrogen-bond acceptors (Lipinski definition) is 2. The van der Waals surface area contributed by atoms with Crippen LogP contribution in [0.2, 0.25) is 0 Å². The Kier molecular flexibility index (Phi) is 4.62. The second-order valence-corrected chi connectivity index (χ2v) is 7.40. The predicted molar refractivity (Wildman–Crippen MR) is 109 cm³/mol. The van der Waals surface area contributed by atoms with Gasteiger partial charge in [-0.1, -0.05) is 56.7 Å². The van der Waals surface area contributed by atoms with E-state index in [2.05, 4.69) is 32.0 Å². The first-order chi connectivity index (χ1) is 12.7. The van der Waals surface area contributed by atoms with Crippen LogP contribution in [0, 0.1) is 6.92 Å². The lowest BCUT2D eigenvalue weighted by atomic mass is 10.0. The summed E-state index contributed by atoms with van der Waals surface area (Å²) >= 11 is 0. The molecule has 0 aliphatic carbocycles. The monoisotopic (exact) mass is 346 g/mol. The van der Waals surface area contributed by atoms with E-state index in [1.807, 2.05) is 23.1 Å². The first-order valence-electron chi connectivity index (χ1n) is 9.85. The lowest BCUT2D eigenvalue weighted by Gasteiger charge is -2.17. The maximum Gasteiger partial charge on any atom is 0.259 e. The number of carbonyl (C=O) groups excluding carboxylic acids is 1. The fourth-order valence-electron chi connectivity index (χ4n) is 4.05. The molecule has 134 valence electrons. The lowest BCUT2D eigenvalue weighted by Crippen LogP contribution is -2.27. The third-order valence-electron chi connectivity index (χ3n) is 5.42. The average Bonchev–Trinajstić information content (AvgIpc) is 2.93. The first kappa shape index (κ1) is 17.0. The van der Waals surface area contributed by atoms with E-state index < -0.39 is 0 Å². The minimum absolute atomic E-state index is 0.141. The summed E-state index contributed by atoms with van der Waals surface area (Å²) in [5.41, 5.74) is 4.87. The zero-order valence-electron chi connectivity index (χ0n) is 15.7. The van der Waals surface area contributed by atoms with Gasteiger partial charge in [0.1, 0.15) is 0 Å². The molecule has 1 aliphatic rings. The van der Waals surface area contributed by atoms with Crippen molar-refractivity contribution in [3.8, 4) is 0 Å². The summed E-state index contributed by atoms with van der Waals surface area (Å²) in [7, 11) is 0. The molecule has 4 rings (SSSR count). The molecule has 0 saturated heterocycles. The van der Waals surface area contributed by atoms with Crippen molar-refractivity contribution in [2.45, 2.75) is 52.4 Å². The molecule has 3 nitrogen and oxygen atoms in total. The molecule has 0 unspecified atom stereocenters. The molecule has 2 aromatic carbocycles. The van der Waals surface area contributed by atoms with Crippen molar-refractivity contribution >= 4 is 33.4 Å². The van der Waals surface area contributed by atoms with Crippen LogP contribution < -0.4 is 4.90 Å². The van der Waals surface area contributed by atoms with Crippen molar-refractivity contribution in [3.05, 3.63) is 47.5 Å². The SMILES string of the molecule is CCCCCCCCN1C(=O)c2c3cc(C)ccc3nc3cccc1c23. The van der Waals surface area contributed by atoms with Crippen LogP contribution >= 0.6 is 0 Å². The number of aromatic nitrogens is 1. The highest BCUT2D eigenvalue weighted by Crippen LogP contribution is 2.40. The Morgan fingerprint density at radius 1 is 0.962 bits per heavy atom. The smallest absolute Gasteiger partial charge is 0.259 e. The summed E-state index contributed by atoms with van der Waals surface area (Å²) in [6, 6.07) is 12.3. The van der Waals surface area contributed by atoms with Gasteiger partial charge < -0.3 is 4.90 Å². The molecule has 3 aromatic rings. The average molecular weight is 346 g/mol. The van der Waals surface area contributed by atoms with Gasteiger partial charge in [-0.15, -0.1) is 0 Å². The molecule has 1 amide bonds. The largest absolute Gasteiger partial charge is 0.308 e. The summed E-state index contributed by atoms with van der Waals surface area (Å²) in [4.78, 5) is 20.0. The highest BCUT2D eigenvalue weighted by molar-refractivity contribution is 6.30. The van der Waals surface area contributed by atoms with Crippen LogP contribution in [0.4, 0.5) is 5.69 Å². The van der Waals surface area contributed by atoms with Gasteiger partial charge in [0.15, 0.2) is 0 Å². The summed E-state index contributed by atoms with van der Waals surface area (Å²) in [6.45, 7) is 5.10. The fraction of sp³-hybridized carbons (Fsp3) is 0.391. The Hall–Kier alpha value is -2.42. The maximum atomic E-state index is 13.3. The molecule has 0 N–H and O–H groups in total. The zero-order valence-corrected chi connectivity index (χ0v) is 15.7. The van der Waals surface area contributed by atoms with Gasteiger partial charge in [-0.05, 0) is 37.6 Å². The van der Waals surface area contributed by atoms with Gasteiger partial charge in [0.05, 0.1) is 22.3 Å². The molecule has 3 heteroatoms. The second kappa shape index (κ2) is 7.06. The van der Waals surface area contributed by atoms with E-state index in [1.165, 1.54) is 32.1 Å². The Morgan fingerprint density at radius 3 is 2.62 bits per heavy atom. The molecule has 0 fully saturated rings. The molecule has 1 aromatic heterocycles. The number of carbonyl (C=O) groups is 1. The highest BCUT2D eigenvalue weighted by atomic mass is 16.2. The third kappa shape index (κ3) is 2.86. The molecule has 0 bridgehead atoms. The van der Waals surface area contributed by atoms with Gasteiger partial charge >= 0.3 is 0 Å². The van der Waals surface area contributed by atoms with E-state index in [4.69, 9.17) is 4.98 Å². The minimum Gasteiger partial charge on any atom is -0.308 e. The van der Waals surface area contributed by atoms with Crippen molar-refractivity contribution in [1.29, 1.82) is 0 Å². The van der Waals surface area contributed by atoms with Crippen molar-refractivity contribution in [2.75, 3.05) is 11.4 Å². The van der Waals surface area contributed by atoms with E-state index in [9.17, 15) is 4.79 Å². The number of nitrogens with zero attached hydrogens (tertiary/aromatic N) is 2. The standard InChI is InChI=1S/C23H26N2O/c1-3-4-5-6-7-8-14-25-20-11-9-10-19-22(20)21(23(25)26)17-15-16(2)12-13-18(17)24-19/h9-13,15H,3-8,14H2,1-2H3. The zero-order chi connectivity index (χ0) is 18.1. The number of unbranched alkanes of at least 4 members (excludes halogenated alkanes) is 5. The minimum atomic E-state index is 0.141. The Bertz CT molecular complexity index is 977. The maximum absolute atomic E-state index is 13.3.